The first-order valence-electron chi connectivity index (χ1n) is 7.58. The second-order valence-corrected chi connectivity index (χ2v) is 5.67. The third kappa shape index (κ3) is 2.91. The minimum atomic E-state index is 0.333. The van der Waals surface area contributed by atoms with Gasteiger partial charge in [-0.05, 0) is 48.9 Å². The SMILES string of the molecule is C[C@H](NC1CCCCc2ccccc21)c1cccnc1. The van der Waals surface area contributed by atoms with Gasteiger partial charge >= 0.3 is 0 Å². The van der Waals surface area contributed by atoms with Gasteiger partial charge in [-0.3, -0.25) is 4.98 Å². The molecule has 1 heterocycles. The number of nitrogens with one attached hydrogen (secondary N) is 1. The quantitative estimate of drug-likeness (QED) is 0.842. The molecule has 3 rings (SSSR count). The summed E-state index contributed by atoms with van der Waals surface area (Å²) in [4.78, 5) is 4.22. The van der Waals surface area contributed by atoms with Crippen molar-refractivity contribution in [1.29, 1.82) is 0 Å². The molecule has 0 radical (unpaired) electrons. The molecule has 0 fully saturated rings. The zero-order valence-corrected chi connectivity index (χ0v) is 12.0. The first-order chi connectivity index (χ1) is 9.84. The third-order valence-electron chi connectivity index (χ3n) is 4.26. The number of benzene rings is 1. The Bertz CT molecular complexity index is 550. The van der Waals surface area contributed by atoms with Gasteiger partial charge in [0.2, 0.25) is 0 Å². The van der Waals surface area contributed by atoms with Crippen LogP contribution in [0.4, 0.5) is 0 Å². The molecule has 2 atom stereocenters. The predicted octanol–water partition coefficient (Wildman–Crippen LogP) is 4.20. The lowest BCUT2D eigenvalue weighted by molar-refractivity contribution is 0.437. The monoisotopic (exact) mass is 266 g/mol. The molecule has 104 valence electrons. The van der Waals surface area contributed by atoms with E-state index in [1.54, 1.807) is 0 Å². The molecule has 2 aromatic rings. The van der Waals surface area contributed by atoms with E-state index >= 15 is 0 Å². The van der Waals surface area contributed by atoms with E-state index in [0.717, 1.165) is 0 Å². The summed E-state index contributed by atoms with van der Waals surface area (Å²) in [5.74, 6) is 0. The lowest BCUT2D eigenvalue weighted by Gasteiger charge is -2.24. The van der Waals surface area contributed by atoms with Crippen molar-refractivity contribution in [2.45, 2.75) is 44.7 Å². The van der Waals surface area contributed by atoms with Gasteiger partial charge in [-0.15, -0.1) is 0 Å². The number of fused-ring (bicyclic) bond motifs is 1. The minimum absolute atomic E-state index is 0.333. The van der Waals surface area contributed by atoms with E-state index in [9.17, 15) is 0 Å². The summed E-state index contributed by atoms with van der Waals surface area (Å²) in [7, 11) is 0. The highest BCUT2D eigenvalue weighted by Crippen LogP contribution is 2.30. The molecule has 1 aliphatic carbocycles. The van der Waals surface area contributed by atoms with Gasteiger partial charge in [0.15, 0.2) is 0 Å². The second kappa shape index (κ2) is 6.19. The predicted molar refractivity (Wildman–Crippen MR) is 82.5 cm³/mol. The largest absolute Gasteiger partial charge is 0.303 e. The summed E-state index contributed by atoms with van der Waals surface area (Å²) in [6.07, 6.45) is 8.83. The highest BCUT2D eigenvalue weighted by atomic mass is 14.9. The van der Waals surface area contributed by atoms with Crippen LogP contribution in [0.25, 0.3) is 0 Å². The zero-order chi connectivity index (χ0) is 13.8. The number of rotatable bonds is 3. The van der Waals surface area contributed by atoms with Crippen LogP contribution >= 0.6 is 0 Å². The van der Waals surface area contributed by atoms with Crippen molar-refractivity contribution in [1.82, 2.24) is 10.3 Å². The second-order valence-electron chi connectivity index (χ2n) is 5.67. The summed E-state index contributed by atoms with van der Waals surface area (Å²) in [5.41, 5.74) is 4.26. The molecular weight excluding hydrogens is 244 g/mol. The smallest absolute Gasteiger partial charge is 0.0328 e. The fraction of sp³-hybridized carbons (Fsp3) is 0.389. The van der Waals surface area contributed by atoms with E-state index in [4.69, 9.17) is 0 Å². The van der Waals surface area contributed by atoms with Crippen molar-refractivity contribution in [2.75, 3.05) is 0 Å². The Kier molecular flexibility index (Phi) is 4.12. The van der Waals surface area contributed by atoms with E-state index in [1.165, 1.54) is 42.4 Å². The van der Waals surface area contributed by atoms with Crippen LogP contribution in [0.1, 0.15) is 55.0 Å². The highest BCUT2D eigenvalue weighted by Gasteiger charge is 2.20. The van der Waals surface area contributed by atoms with Gasteiger partial charge in [0.05, 0.1) is 0 Å². The van der Waals surface area contributed by atoms with Crippen LogP contribution < -0.4 is 5.32 Å². The average molecular weight is 266 g/mol. The molecule has 2 heteroatoms. The fourth-order valence-electron chi connectivity index (χ4n) is 3.12. The van der Waals surface area contributed by atoms with E-state index in [2.05, 4.69) is 47.6 Å². The Labute approximate surface area is 121 Å². The summed E-state index contributed by atoms with van der Waals surface area (Å²) in [6, 6.07) is 13.8. The van der Waals surface area contributed by atoms with Gasteiger partial charge in [-0.25, -0.2) is 0 Å². The van der Waals surface area contributed by atoms with Crippen LogP contribution in [0, 0.1) is 0 Å². The molecule has 1 aromatic carbocycles. The molecule has 0 aliphatic heterocycles. The Morgan fingerprint density at radius 2 is 2.05 bits per heavy atom. The van der Waals surface area contributed by atoms with Gasteiger partial charge in [0.25, 0.3) is 0 Å². The van der Waals surface area contributed by atoms with Crippen molar-refractivity contribution in [2.24, 2.45) is 0 Å². The van der Waals surface area contributed by atoms with Crippen molar-refractivity contribution < 1.29 is 0 Å². The maximum Gasteiger partial charge on any atom is 0.0328 e. The molecule has 1 unspecified atom stereocenters. The Balaban J connectivity index is 1.80. The number of hydrogen-bond donors (Lipinski definition) is 1. The molecule has 0 spiro atoms. The molecule has 0 bridgehead atoms. The number of pyridine rings is 1. The van der Waals surface area contributed by atoms with Gasteiger partial charge in [-0.1, -0.05) is 36.8 Å². The Morgan fingerprint density at radius 1 is 1.15 bits per heavy atom. The first kappa shape index (κ1) is 13.3. The van der Waals surface area contributed by atoms with Gasteiger partial charge in [0.1, 0.15) is 0 Å². The summed E-state index contributed by atoms with van der Waals surface area (Å²) < 4.78 is 0. The number of nitrogens with zero attached hydrogens (tertiary/aromatic N) is 1. The zero-order valence-electron chi connectivity index (χ0n) is 12.0. The van der Waals surface area contributed by atoms with Crippen LogP contribution in [0.2, 0.25) is 0 Å². The molecule has 1 aromatic heterocycles. The van der Waals surface area contributed by atoms with E-state index < -0.39 is 0 Å². The van der Waals surface area contributed by atoms with Crippen molar-refractivity contribution >= 4 is 0 Å². The van der Waals surface area contributed by atoms with Crippen molar-refractivity contribution in [3.8, 4) is 0 Å². The molecule has 0 saturated carbocycles. The van der Waals surface area contributed by atoms with Crippen LogP contribution in [0.5, 0.6) is 0 Å². The summed E-state index contributed by atoms with van der Waals surface area (Å²) in [5, 5.41) is 3.79. The third-order valence-corrected chi connectivity index (χ3v) is 4.26. The van der Waals surface area contributed by atoms with Gasteiger partial charge < -0.3 is 5.32 Å². The molecule has 1 N–H and O–H groups in total. The van der Waals surface area contributed by atoms with Crippen LogP contribution in [-0.2, 0) is 6.42 Å². The fourth-order valence-corrected chi connectivity index (χ4v) is 3.12. The van der Waals surface area contributed by atoms with Crippen molar-refractivity contribution in [3.63, 3.8) is 0 Å². The number of aromatic nitrogens is 1. The van der Waals surface area contributed by atoms with Crippen LogP contribution in [0.3, 0.4) is 0 Å². The highest BCUT2D eigenvalue weighted by molar-refractivity contribution is 5.31. The van der Waals surface area contributed by atoms with Gasteiger partial charge in [-0.2, -0.15) is 0 Å². The molecule has 20 heavy (non-hydrogen) atoms. The molecule has 0 saturated heterocycles. The summed E-state index contributed by atoms with van der Waals surface area (Å²) >= 11 is 0. The van der Waals surface area contributed by atoms with E-state index in [-0.39, 0.29) is 0 Å². The van der Waals surface area contributed by atoms with E-state index in [0.29, 0.717) is 12.1 Å². The standard InChI is InChI=1S/C18H22N2/c1-14(16-9-6-12-19-13-16)20-18-11-5-3-8-15-7-2-4-10-17(15)18/h2,4,6-7,9-10,12-14,18,20H,3,5,8,11H2,1H3/t14-,18?/m0/s1. The Morgan fingerprint density at radius 3 is 2.90 bits per heavy atom. The lowest BCUT2D eigenvalue weighted by Crippen LogP contribution is -2.25. The summed E-state index contributed by atoms with van der Waals surface area (Å²) in [6.45, 7) is 2.23. The molecule has 1 aliphatic rings. The lowest BCUT2D eigenvalue weighted by atomic mass is 9.98. The maximum atomic E-state index is 4.22. The van der Waals surface area contributed by atoms with Gasteiger partial charge in [0, 0.05) is 24.5 Å². The molecule has 0 amide bonds. The first-order valence-corrected chi connectivity index (χ1v) is 7.58. The average Bonchev–Trinajstić information content (AvgIpc) is 2.71. The van der Waals surface area contributed by atoms with Crippen molar-refractivity contribution in [3.05, 3.63) is 65.5 Å². The normalized spacial score (nSPS) is 19.9. The number of hydrogen-bond acceptors (Lipinski definition) is 2. The maximum absolute atomic E-state index is 4.22. The van der Waals surface area contributed by atoms with Crippen LogP contribution in [0.15, 0.2) is 48.8 Å². The van der Waals surface area contributed by atoms with E-state index in [1.807, 2.05) is 18.5 Å². The topological polar surface area (TPSA) is 24.9 Å². The minimum Gasteiger partial charge on any atom is -0.303 e. The van der Waals surface area contributed by atoms with Crippen LogP contribution in [-0.4, -0.2) is 4.98 Å². The number of aryl methyl sites for hydroxylation is 1. The Hall–Kier alpha value is -1.67. The molecule has 2 nitrogen and oxygen atoms in total. The molecular formula is C18H22N2.